The minimum Gasteiger partial charge on any atom is -0.464 e. The average molecular weight is 434 g/mol. The molecule has 3 aromatic rings. The Morgan fingerprint density at radius 1 is 0.935 bits per heavy atom. The summed E-state index contributed by atoms with van der Waals surface area (Å²) in [5.41, 5.74) is 2.13. The SMILES string of the molecule is CC.CCC.CCN(C/C=C/c1ccc(C(F)(F)F)cc1)Cc1coc2ccccc12. The van der Waals surface area contributed by atoms with E-state index in [4.69, 9.17) is 4.42 Å². The van der Waals surface area contributed by atoms with E-state index in [1.54, 1.807) is 6.26 Å². The molecule has 2 nitrogen and oxygen atoms in total. The molecule has 0 fully saturated rings. The van der Waals surface area contributed by atoms with Gasteiger partial charge in [0.2, 0.25) is 0 Å². The summed E-state index contributed by atoms with van der Waals surface area (Å²) in [6, 6.07) is 13.1. The Morgan fingerprint density at radius 3 is 2.13 bits per heavy atom. The van der Waals surface area contributed by atoms with Crippen molar-refractivity contribution in [3.63, 3.8) is 0 Å². The van der Waals surface area contributed by atoms with E-state index in [0.29, 0.717) is 6.54 Å². The molecule has 0 bridgehead atoms. The van der Waals surface area contributed by atoms with Gasteiger partial charge in [0.25, 0.3) is 0 Å². The number of hydrogen-bond acceptors (Lipinski definition) is 2. The molecule has 2 aromatic carbocycles. The van der Waals surface area contributed by atoms with Crippen LogP contribution in [0.2, 0.25) is 0 Å². The van der Waals surface area contributed by atoms with Crippen molar-refractivity contribution < 1.29 is 17.6 Å². The number of halogens is 3. The lowest BCUT2D eigenvalue weighted by Gasteiger charge is -2.17. The van der Waals surface area contributed by atoms with Crippen molar-refractivity contribution in [3.05, 3.63) is 77.6 Å². The maximum atomic E-state index is 12.6. The summed E-state index contributed by atoms with van der Waals surface area (Å²) < 4.78 is 43.3. The molecule has 0 aliphatic heterocycles. The van der Waals surface area contributed by atoms with Crippen molar-refractivity contribution >= 4 is 17.0 Å². The van der Waals surface area contributed by atoms with Gasteiger partial charge in [-0.15, -0.1) is 0 Å². The molecular weight excluding hydrogens is 399 g/mol. The van der Waals surface area contributed by atoms with Gasteiger partial charge < -0.3 is 4.42 Å². The molecule has 0 unspecified atom stereocenters. The Balaban J connectivity index is 0.000000884. The van der Waals surface area contributed by atoms with E-state index in [0.717, 1.165) is 47.3 Å². The second kappa shape index (κ2) is 13.7. The summed E-state index contributed by atoms with van der Waals surface area (Å²) in [7, 11) is 0. The van der Waals surface area contributed by atoms with Crippen LogP contribution in [0.5, 0.6) is 0 Å². The number of likely N-dealkylation sites (N-methyl/N-ethyl adjacent to an activating group) is 1. The fourth-order valence-electron chi connectivity index (χ4n) is 2.82. The maximum absolute atomic E-state index is 12.6. The topological polar surface area (TPSA) is 16.4 Å². The highest BCUT2D eigenvalue weighted by Crippen LogP contribution is 2.29. The standard InChI is InChI=1S/C21H20F3NO.C3H8.C2H6/c1-2-25(14-17-15-26-20-8-4-3-7-19(17)20)13-5-6-16-9-11-18(12-10-16)21(22,23)24;1-3-2;1-2/h3-12,15H,2,13-14H2,1H3;3H2,1-2H3;1-2H3/b6-5+;;. The molecule has 0 atom stereocenters. The van der Waals surface area contributed by atoms with Crippen molar-refractivity contribution in [1.29, 1.82) is 0 Å². The van der Waals surface area contributed by atoms with Crippen LogP contribution in [0.4, 0.5) is 13.2 Å². The van der Waals surface area contributed by atoms with Crippen molar-refractivity contribution in [2.45, 2.75) is 53.8 Å². The Labute approximate surface area is 184 Å². The third kappa shape index (κ3) is 8.62. The molecule has 0 spiro atoms. The smallest absolute Gasteiger partial charge is 0.416 e. The third-order valence-electron chi connectivity index (χ3n) is 4.31. The number of nitrogens with zero attached hydrogens (tertiary/aromatic N) is 1. The fraction of sp³-hybridized carbons (Fsp3) is 0.385. The third-order valence-corrected chi connectivity index (χ3v) is 4.31. The minimum absolute atomic E-state index is 0.628. The highest BCUT2D eigenvalue weighted by molar-refractivity contribution is 5.80. The van der Waals surface area contributed by atoms with Crippen LogP contribution in [-0.4, -0.2) is 18.0 Å². The van der Waals surface area contributed by atoms with Gasteiger partial charge in [-0.25, -0.2) is 0 Å². The number of hydrogen-bond donors (Lipinski definition) is 0. The van der Waals surface area contributed by atoms with Crippen molar-refractivity contribution in [3.8, 4) is 0 Å². The van der Waals surface area contributed by atoms with Gasteiger partial charge in [0.1, 0.15) is 5.58 Å². The first-order valence-corrected chi connectivity index (χ1v) is 10.9. The quantitative estimate of drug-likeness (QED) is 0.388. The number of alkyl halides is 3. The van der Waals surface area contributed by atoms with E-state index in [2.05, 4.69) is 25.7 Å². The van der Waals surface area contributed by atoms with Gasteiger partial charge in [0, 0.05) is 24.0 Å². The lowest BCUT2D eigenvalue weighted by molar-refractivity contribution is -0.137. The van der Waals surface area contributed by atoms with Gasteiger partial charge in [-0.05, 0) is 30.3 Å². The first-order valence-electron chi connectivity index (χ1n) is 10.9. The largest absolute Gasteiger partial charge is 0.464 e. The van der Waals surface area contributed by atoms with Gasteiger partial charge in [-0.2, -0.15) is 13.2 Å². The molecule has 0 amide bonds. The van der Waals surface area contributed by atoms with E-state index in [-0.39, 0.29) is 0 Å². The van der Waals surface area contributed by atoms with Gasteiger partial charge >= 0.3 is 6.18 Å². The van der Waals surface area contributed by atoms with Crippen LogP contribution < -0.4 is 0 Å². The van der Waals surface area contributed by atoms with Gasteiger partial charge in [-0.1, -0.05) is 83.5 Å². The molecule has 0 aliphatic rings. The summed E-state index contributed by atoms with van der Waals surface area (Å²) in [6.45, 7) is 12.6. The zero-order valence-electron chi connectivity index (χ0n) is 19.2. The summed E-state index contributed by atoms with van der Waals surface area (Å²) in [5.74, 6) is 0. The summed E-state index contributed by atoms with van der Waals surface area (Å²) >= 11 is 0. The fourth-order valence-corrected chi connectivity index (χ4v) is 2.82. The number of benzene rings is 2. The molecule has 0 saturated carbocycles. The van der Waals surface area contributed by atoms with Crippen LogP contribution in [0.1, 0.15) is 57.7 Å². The predicted molar refractivity (Wildman–Crippen MR) is 125 cm³/mol. The minimum atomic E-state index is -4.30. The molecule has 3 rings (SSSR count). The Kier molecular flexibility index (Phi) is 11.7. The van der Waals surface area contributed by atoms with Crippen LogP contribution in [0, 0.1) is 0 Å². The summed E-state index contributed by atoms with van der Waals surface area (Å²) in [6.07, 6.45) is 2.55. The maximum Gasteiger partial charge on any atom is 0.416 e. The Morgan fingerprint density at radius 2 is 1.55 bits per heavy atom. The number of para-hydroxylation sites is 1. The van der Waals surface area contributed by atoms with Crippen LogP contribution in [0.25, 0.3) is 17.0 Å². The monoisotopic (exact) mass is 433 g/mol. The van der Waals surface area contributed by atoms with Gasteiger partial charge in [-0.3, -0.25) is 4.90 Å². The molecule has 0 N–H and O–H groups in total. The van der Waals surface area contributed by atoms with Crippen LogP contribution in [0.3, 0.4) is 0 Å². The van der Waals surface area contributed by atoms with E-state index < -0.39 is 11.7 Å². The molecule has 170 valence electrons. The first-order chi connectivity index (χ1) is 14.9. The highest BCUT2D eigenvalue weighted by atomic mass is 19.4. The second-order valence-corrected chi connectivity index (χ2v) is 6.81. The molecule has 0 saturated heterocycles. The average Bonchev–Trinajstić information content (AvgIpc) is 3.17. The van der Waals surface area contributed by atoms with Crippen molar-refractivity contribution in [2.24, 2.45) is 0 Å². The number of furan rings is 1. The van der Waals surface area contributed by atoms with Gasteiger partial charge in [0.15, 0.2) is 0 Å². The first kappa shape index (κ1) is 26.5. The van der Waals surface area contributed by atoms with E-state index in [1.165, 1.54) is 18.6 Å². The lowest BCUT2D eigenvalue weighted by atomic mass is 10.1. The zero-order valence-corrected chi connectivity index (χ0v) is 19.2. The van der Waals surface area contributed by atoms with Crippen molar-refractivity contribution in [1.82, 2.24) is 4.90 Å². The lowest BCUT2D eigenvalue weighted by Crippen LogP contribution is -2.22. The zero-order chi connectivity index (χ0) is 23.3. The molecule has 31 heavy (non-hydrogen) atoms. The van der Waals surface area contributed by atoms with Crippen LogP contribution in [-0.2, 0) is 12.7 Å². The molecule has 0 aliphatic carbocycles. The van der Waals surface area contributed by atoms with Crippen molar-refractivity contribution in [2.75, 3.05) is 13.1 Å². The van der Waals surface area contributed by atoms with Gasteiger partial charge in [0.05, 0.1) is 11.8 Å². The highest BCUT2D eigenvalue weighted by Gasteiger charge is 2.29. The van der Waals surface area contributed by atoms with E-state index in [1.807, 2.05) is 50.3 Å². The Hall–Kier alpha value is -2.53. The van der Waals surface area contributed by atoms with Crippen LogP contribution in [0.15, 0.2) is 65.3 Å². The summed E-state index contributed by atoms with van der Waals surface area (Å²) in [5, 5.41) is 1.11. The Bertz CT molecular complexity index is 895. The molecular formula is C26H34F3NO. The number of rotatable bonds is 6. The summed E-state index contributed by atoms with van der Waals surface area (Å²) in [4.78, 5) is 2.23. The van der Waals surface area contributed by atoms with E-state index in [9.17, 15) is 13.2 Å². The molecule has 0 radical (unpaired) electrons. The molecule has 5 heteroatoms. The normalized spacial score (nSPS) is 11.3. The molecule has 1 aromatic heterocycles. The predicted octanol–water partition coefficient (Wildman–Crippen LogP) is 8.43. The van der Waals surface area contributed by atoms with E-state index >= 15 is 0 Å². The van der Waals surface area contributed by atoms with Crippen LogP contribution >= 0.6 is 0 Å². The molecule has 1 heterocycles. The second-order valence-electron chi connectivity index (χ2n) is 6.81. The number of fused-ring (bicyclic) bond motifs is 1.